The zero-order chi connectivity index (χ0) is 17.8. The molecule has 0 spiro atoms. The van der Waals surface area contributed by atoms with Crippen molar-refractivity contribution >= 4 is 44.0 Å². The average Bonchev–Trinajstić information content (AvgIpc) is 2.58. The number of fused-ring (bicyclic) bond motifs is 1. The lowest BCUT2D eigenvalue weighted by Gasteiger charge is -2.13. The summed E-state index contributed by atoms with van der Waals surface area (Å²) in [5.74, 6) is -1.44. The van der Waals surface area contributed by atoms with E-state index in [1.165, 1.54) is 6.07 Å². The SMILES string of the molecule is NC(=O)c1c(F)cc(Br)cc1NCCNc1cccc2ccccc12. The number of hydrogen-bond donors (Lipinski definition) is 3. The van der Waals surface area contributed by atoms with Gasteiger partial charge in [0.2, 0.25) is 0 Å². The smallest absolute Gasteiger partial charge is 0.253 e. The number of primary amides is 1. The molecule has 0 aliphatic carbocycles. The standard InChI is InChI=1S/C19H17BrFN3O/c20-13-10-15(21)18(19(22)25)17(11-13)24-9-8-23-16-7-3-5-12-4-1-2-6-14(12)16/h1-7,10-11,23-24H,8-9H2,(H2,22,25). The third-order valence-corrected chi connectivity index (χ3v) is 4.30. The second kappa shape index (κ2) is 7.53. The van der Waals surface area contributed by atoms with E-state index >= 15 is 0 Å². The monoisotopic (exact) mass is 401 g/mol. The number of nitrogens with two attached hydrogens (primary N) is 1. The van der Waals surface area contributed by atoms with Crippen molar-refractivity contribution in [2.75, 3.05) is 23.7 Å². The predicted molar refractivity (Wildman–Crippen MR) is 104 cm³/mol. The number of anilines is 2. The van der Waals surface area contributed by atoms with Crippen LogP contribution in [-0.4, -0.2) is 19.0 Å². The number of hydrogen-bond acceptors (Lipinski definition) is 3. The van der Waals surface area contributed by atoms with Crippen LogP contribution >= 0.6 is 15.9 Å². The Morgan fingerprint density at radius 3 is 2.44 bits per heavy atom. The van der Waals surface area contributed by atoms with Crippen LogP contribution in [0.1, 0.15) is 10.4 Å². The van der Waals surface area contributed by atoms with Crippen molar-refractivity contribution in [3.63, 3.8) is 0 Å². The molecule has 0 aliphatic heterocycles. The molecular formula is C19H17BrFN3O. The summed E-state index contributed by atoms with van der Waals surface area (Å²) in [5.41, 5.74) is 6.54. The molecule has 4 N–H and O–H groups in total. The van der Waals surface area contributed by atoms with Crippen LogP contribution in [0.25, 0.3) is 10.8 Å². The van der Waals surface area contributed by atoms with Gasteiger partial charge in [-0.2, -0.15) is 0 Å². The molecular weight excluding hydrogens is 385 g/mol. The van der Waals surface area contributed by atoms with Crippen LogP contribution in [0, 0.1) is 5.82 Å². The largest absolute Gasteiger partial charge is 0.383 e. The summed E-state index contributed by atoms with van der Waals surface area (Å²) in [4.78, 5) is 11.5. The summed E-state index contributed by atoms with van der Waals surface area (Å²) in [6.45, 7) is 1.10. The Bertz CT molecular complexity index is 924. The minimum atomic E-state index is -0.797. The number of carbonyl (C=O) groups excluding carboxylic acids is 1. The zero-order valence-corrected chi connectivity index (χ0v) is 14.9. The van der Waals surface area contributed by atoms with E-state index in [1.54, 1.807) is 6.07 Å². The molecule has 0 radical (unpaired) electrons. The highest BCUT2D eigenvalue weighted by Crippen LogP contribution is 2.25. The normalized spacial score (nSPS) is 10.6. The van der Waals surface area contributed by atoms with Crippen molar-refractivity contribution in [2.24, 2.45) is 5.73 Å². The van der Waals surface area contributed by atoms with Crippen molar-refractivity contribution in [3.8, 4) is 0 Å². The zero-order valence-electron chi connectivity index (χ0n) is 13.4. The maximum absolute atomic E-state index is 13.9. The summed E-state index contributed by atoms with van der Waals surface area (Å²) >= 11 is 3.22. The van der Waals surface area contributed by atoms with Crippen molar-refractivity contribution in [1.29, 1.82) is 0 Å². The lowest BCUT2D eigenvalue weighted by molar-refractivity contribution is 0.0997. The molecule has 4 nitrogen and oxygen atoms in total. The number of carbonyl (C=O) groups is 1. The molecule has 0 aromatic heterocycles. The quantitative estimate of drug-likeness (QED) is 0.537. The van der Waals surface area contributed by atoms with Crippen molar-refractivity contribution in [2.45, 2.75) is 0 Å². The van der Waals surface area contributed by atoms with Gasteiger partial charge in [-0.25, -0.2) is 4.39 Å². The van der Waals surface area contributed by atoms with Gasteiger partial charge < -0.3 is 16.4 Å². The molecule has 0 saturated carbocycles. The molecule has 0 unspecified atom stereocenters. The third-order valence-electron chi connectivity index (χ3n) is 3.85. The van der Waals surface area contributed by atoms with Gasteiger partial charge in [-0.05, 0) is 23.6 Å². The molecule has 0 fully saturated rings. The summed E-state index contributed by atoms with van der Waals surface area (Å²) in [6, 6.07) is 17.0. The Balaban J connectivity index is 1.69. The minimum Gasteiger partial charge on any atom is -0.383 e. The summed E-state index contributed by atoms with van der Waals surface area (Å²) in [7, 11) is 0. The fourth-order valence-corrected chi connectivity index (χ4v) is 3.17. The van der Waals surface area contributed by atoms with Crippen LogP contribution in [0.5, 0.6) is 0 Å². The van der Waals surface area contributed by atoms with Gasteiger partial charge in [-0.15, -0.1) is 0 Å². The number of halogens is 2. The molecule has 3 rings (SSSR count). The fraction of sp³-hybridized carbons (Fsp3) is 0.105. The first-order valence-corrected chi connectivity index (χ1v) is 8.60. The van der Waals surface area contributed by atoms with E-state index in [2.05, 4.69) is 44.8 Å². The molecule has 25 heavy (non-hydrogen) atoms. The van der Waals surface area contributed by atoms with Crippen LogP contribution in [0.2, 0.25) is 0 Å². The van der Waals surface area contributed by atoms with E-state index in [9.17, 15) is 9.18 Å². The molecule has 0 bridgehead atoms. The first-order chi connectivity index (χ1) is 12.1. The molecule has 0 saturated heterocycles. The van der Waals surface area contributed by atoms with Crippen LogP contribution in [0.3, 0.4) is 0 Å². The topological polar surface area (TPSA) is 67.2 Å². The predicted octanol–water partition coefficient (Wildman–Crippen LogP) is 4.36. The number of benzene rings is 3. The van der Waals surface area contributed by atoms with Gasteiger partial charge >= 0.3 is 0 Å². The van der Waals surface area contributed by atoms with Gasteiger partial charge in [0.05, 0.1) is 11.3 Å². The highest BCUT2D eigenvalue weighted by atomic mass is 79.9. The Labute approximate surface area is 153 Å². The molecule has 6 heteroatoms. The third kappa shape index (κ3) is 3.91. The summed E-state index contributed by atoms with van der Waals surface area (Å²) in [5, 5.41) is 8.71. The second-order valence-corrected chi connectivity index (χ2v) is 6.47. The summed E-state index contributed by atoms with van der Waals surface area (Å²) in [6.07, 6.45) is 0. The van der Waals surface area contributed by atoms with Gasteiger partial charge in [0.15, 0.2) is 0 Å². The molecule has 3 aromatic rings. The van der Waals surface area contributed by atoms with Crippen molar-refractivity contribution < 1.29 is 9.18 Å². The number of amides is 1. The Morgan fingerprint density at radius 1 is 1.00 bits per heavy atom. The maximum atomic E-state index is 13.9. The molecule has 0 atom stereocenters. The van der Waals surface area contributed by atoms with Crippen LogP contribution < -0.4 is 16.4 Å². The Kier molecular flexibility index (Phi) is 5.19. The van der Waals surface area contributed by atoms with Crippen molar-refractivity contribution in [3.05, 3.63) is 70.5 Å². The van der Waals surface area contributed by atoms with Crippen LogP contribution in [0.4, 0.5) is 15.8 Å². The molecule has 0 aliphatic rings. The van der Waals surface area contributed by atoms with Gasteiger partial charge in [0.1, 0.15) is 5.82 Å². The second-order valence-electron chi connectivity index (χ2n) is 5.55. The van der Waals surface area contributed by atoms with Gasteiger partial charge in [-0.1, -0.05) is 52.3 Å². The first-order valence-electron chi connectivity index (χ1n) is 7.80. The van der Waals surface area contributed by atoms with E-state index in [0.717, 1.165) is 16.5 Å². The average molecular weight is 402 g/mol. The highest BCUT2D eigenvalue weighted by molar-refractivity contribution is 9.10. The lowest BCUT2D eigenvalue weighted by atomic mass is 10.1. The van der Waals surface area contributed by atoms with Crippen LogP contribution in [0.15, 0.2) is 59.1 Å². The van der Waals surface area contributed by atoms with E-state index < -0.39 is 11.7 Å². The van der Waals surface area contributed by atoms with E-state index in [4.69, 9.17) is 5.73 Å². The maximum Gasteiger partial charge on any atom is 0.253 e. The van der Waals surface area contributed by atoms with Gasteiger partial charge in [0, 0.05) is 28.6 Å². The summed E-state index contributed by atoms with van der Waals surface area (Å²) < 4.78 is 14.5. The lowest BCUT2D eigenvalue weighted by Crippen LogP contribution is -2.19. The van der Waals surface area contributed by atoms with E-state index in [0.29, 0.717) is 23.2 Å². The van der Waals surface area contributed by atoms with Gasteiger partial charge in [-0.3, -0.25) is 4.79 Å². The molecule has 128 valence electrons. The molecule has 3 aromatic carbocycles. The van der Waals surface area contributed by atoms with Crippen molar-refractivity contribution in [1.82, 2.24) is 0 Å². The highest BCUT2D eigenvalue weighted by Gasteiger charge is 2.15. The Hall–Kier alpha value is -2.60. The minimum absolute atomic E-state index is 0.131. The molecule has 0 heterocycles. The van der Waals surface area contributed by atoms with E-state index in [-0.39, 0.29) is 5.56 Å². The molecule has 1 amide bonds. The van der Waals surface area contributed by atoms with Crippen LogP contribution in [-0.2, 0) is 0 Å². The fourth-order valence-electron chi connectivity index (χ4n) is 2.74. The van der Waals surface area contributed by atoms with E-state index in [1.807, 2.05) is 24.3 Å². The number of rotatable bonds is 6. The van der Waals surface area contributed by atoms with Gasteiger partial charge in [0.25, 0.3) is 5.91 Å². The number of nitrogens with one attached hydrogen (secondary N) is 2. The first kappa shape index (κ1) is 17.2. The Morgan fingerprint density at radius 2 is 1.68 bits per heavy atom.